The second kappa shape index (κ2) is 7.09. The molecule has 0 radical (unpaired) electrons. The molecule has 0 N–H and O–H groups in total. The fraction of sp³-hybridized carbons (Fsp3) is 0.273. The summed E-state index contributed by atoms with van der Waals surface area (Å²) in [6, 6.07) is 16.2. The molecule has 3 heteroatoms. The quantitative estimate of drug-likeness (QED) is 0.464. The Morgan fingerprint density at radius 2 is 1.68 bits per heavy atom. The fourth-order valence-electron chi connectivity index (χ4n) is 3.11. The number of Topliss-reactive ketones (excluding diaryl/α,β-unsaturated/α-hetero) is 1. The molecular formula is C22H22BrNO. The molecule has 2 nitrogen and oxygen atoms in total. The number of hydrogen-bond acceptors (Lipinski definition) is 2. The summed E-state index contributed by atoms with van der Waals surface area (Å²) < 4.78 is 0.985. The third-order valence-electron chi connectivity index (χ3n) is 4.36. The van der Waals surface area contributed by atoms with Gasteiger partial charge in [0.1, 0.15) is 0 Å². The van der Waals surface area contributed by atoms with Gasteiger partial charge in [-0.2, -0.15) is 0 Å². The van der Waals surface area contributed by atoms with Crippen LogP contribution >= 0.6 is 15.9 Å². The Hall–Kier alpha value is -2.00. The molecule has 0 amide bonds. The summed E-state index contributed by atoms with van der Waals surface area (Å²) in [5.41, 5.74) is 4.62. The number of aromatic nitrogens is 1. The van der Waals surface area contributed by atoms with Gasteiger partial charge >= 0.3 is 0 Å². The number of carbonyl (C=O) groups excluding carboxylic acids is 1. The Balaban J connectivity index is 2.51. The van der Waals surface area contributed by atoms with E-state index in [1.807, 2.05) is 44.2 Å². The van der Waals surface area contributed by atoms with Crippen molar-refractivity contribution in [3.63, 3.8) is 0 Å². The lowest BCUT2D eigenvalue weighted by molar-refractivity contribution is 0.0938. The molecule has 1 heterocycles. The molecule has 0 aliphatic rings. The molecule has 0 bridgehead atoms. The maximum Gasteiger partial charge on any atom is 0.167 e. The Morgan fingerprint density at radius 1 is 1.00 bits per heavy atom. The molecule has 1 aromatic heterocycles. The first-order valence-corrected chi connectivity index (χ1v) is 9.42. The highest BCUT2D eigenvalue weighted by atomic mass is 79.9. The molecule has 2 aromatic carbocycles. The molecular weight excluding hydrogens is 374 g/mol. The van der Waals surface area contributed by atoms with Gasteiger partial charge in [0.05, 0.1) is 11.2 Å². The number of halogens is 1. The molecule has 0 aliphatic carbocycles. The first-order chi connectivity index (χ1) is 11.9. The van der Waals surface area contributed by atoms with Gasteiger partial charge in [0, 0.05) is 26.9 Å². The van der Waals surface area contributed by atoms with Crippen molar-refractivity contribution in [1.29, 1.82) is 0 Å². The van der Waals surface area contributed by atoms with Crippen LogP contribution < -0.4 is 0 Å². The van der Waals surface area contributed by atoms with Crippen molar-refractivity contribution in [2.24, 2.45) is 5.92 Å². The lowest BCUT2D eigenvalue weighted by Crippen LogP contribution is -2.15. The van der Waals surface area contributed by atoms with E-state index in [0.717, 1.165) is 37.8 Å². The van der Waals surface area contributed by atoms with Gasteiger partial charge in [-0.1, -0.05) is 74.0 Å². The van der Waals surface area contributed by atoms with Crippen molar-refractivity contribution >= 4 is 32.6 Å². The summed E-state index contributed by atoms with van der Waals surface area (Å²) in [7, 11) is 0. The van der Waals surface area contributed by atoms with Gasteiger partial charge in [-0.05, 0) is 29.7 Å². The fourth-order valence-corrected chi connectivity index (χ4v) is 3.48. The van der Waals surface area contributed by atoms with Crippen LogP contribution in [0.1, 0.15) is 49.7 Å². The topological polar surface area (TPSA) is 30.0 Å². The summed E-state index contributed by atoms with van der Waals surface area (Å²) in [5, 5.41) is 1.01. The van der Waals surface area contributed by atoms with Crippen LogP contribution in [-0.4, -0.2) is 10.8 Å². The summed E-state index contributed by atoms with van der Waals surface area (Å²) in [6.45, 7) is 8.09. The average molecular weight is 396 g/mol. The predicted octanol–water partition coefficient (Wildman–Crippen LogP) is 6.63. The molecule has 0 atom stereocenters. The van der Waals surface area contributed by atoms with E-state index < -0.39 is 0 Å². The van der Waals surface area contributed by atoms with Gasteiger partial charge in [0.25, 0.3) is 0 Å². The van der Waals surface area contributed by atoms with Crippen molar-refractivity contribution in [3.05, 3.63) is 64.3 Å². The number of hydrogen-bond donors (Lipinski definition) is 0. The Kier molecular flexibility index (Phi) is 5.05. The average Bonchev–Trinajstić information content (AvgIpc) is 2.60. The lowest BCUT2D eigenvalue weighted by Gasteiger charge is -2.20. The number of carbonyl (C=O) groups is 1. The third kappa shape index (κ3) is 3.38. The van der Waals surface area contributed by atoms with Crippen molar-refractivity contribution in [1.82, 2.24) is 4.98 Å². The van der Waals surface area contributed by atoms with Gasteiger partial charge in [0.2, 0.25) is 0 Å². The molecule has 0 fully saturated rings. The van der Waals surface area contributed by atoms with Crippen molar-refractivity contribution in [3.8, 4) is 11.1 Å². The minimum Gasteiger partial charge on any atom is -0.294 e. The molecule has 128 valence electrons. The molecule has 0 saturated carbocycles. The van der Waals surface area contributed by atoms with Crippen LogP contribution in [0, 0.1) is 5.92 Å². The van der Waals surface area contributed by atoms with Crippen LogP contribution in [-0.2, 0) is 0 Å². The van der Waals surface area contributed by atoms with E-state index in [4.69, 9.17) is 4.98 Å². The Morgan fingerprint density at radius 3 is 2.28 bits per heavy atom. The maximum absolute atomic E-state index is 13.1. The number of ketones is 1. The lowest BCUT2D eigenvalue weighted by atomic mass is 9.86. The van der Waals surface area contributed by atoms with Crippen LogP contribution in [0.5, 0.6) is 0 Å². The normalized spacial score (nSPS) is 11.5. The van der Waals surface area contributed by atoms with Crippen LogP contribution in [0.3, 0.4) is 0 Å². The highest BCUT2D eigenvalue weighted by Crippen LogP contribution is 2.37. The monoisotopic (exact) mass is 395 g/mol. The van der Waals surface area contributed by atoms with E-state index in [1.54, 1.807) is 0 Å². The van der Waals surface area contributed by atoms with Gasteiger partial charge in [-0.25, -0.2) is 0 Å². The molecule has 3 rings (SSSR count). The standard InChI is InChI=1S/C22H22BrNO/c1-13(2)21-20(22(25)14(3)4)19(15-8-6-5-7-9-15)17-12-16(23)10-11-18(17)24-21/h5-14H,1-4H3. The SMILES string of the molecule is CC(C)C(=O)c1c(C(C)C)nc2ccc(Br)cc2c1-c1ccccc1. The van der Waals surface area contributed by atoms with Crippen LogP contribution in [0.4, 0.5) is 0 Å². The third-order valence-corrected chi connectivity index (χ3v) is 4.85. The second-order valence-electron chi connectivity index (χ2n) is 6.95. The van der Waals surface area contributed by atoms with E-state index in [1.165, 1.54) is 0 Å². The maximum atomic E-state index is 13.1. The summed E-state index contributed by atoms with van der Waals surface area (Å²) in [4.78, 5) is 18.0. The minimum absolute atomic E-state index is 0.0774. The van der Waals surface area contributed by atoms with Gasteiger partial charge in [-0.15, -0.1) is 0 Å². The molecule has 0 spiro atoms. The van der Waals surface area contributed by atoms with Crippen molar-refractivity contribution in [2.75, 3.05) is 0 Å². The van der Waals surface area contributed by atoms with E-state index in [-0.39, 0.29) is 17.6 Å². The second-order valence-corrected chi connectivity index (χ2v) is 7.86. The summed E-state index contributed by atoms with van der Waals surface area (Å²) in [6.07, 6.45) is 0. The smallest absolute Gasteiger partial charge is 0.167 e. The van der Waals surface area contributed by atoms with E-state index >= 15 is 0 Å². The number of nitrogens with zero attached hydrogens (tertiary/aromatic N) is 1. The highest BCUT2D eigenvalue weighted by molar-refractivity contribution is 9.10. The van der Waals surface area contributed by atoms with Crippen LogP contribution in [0.15, 0.2) is 53.0 Å². The summed E-state index contributed by atoms with van der Waals surface area (Å²) in [5.74, 6) is 0.247. The molecule has 25 heavy (non-hydrogen) atoms. The van der Waals surface area contributed by atoms with E-state index in [2.05, 4.69) is 48.0 Å². The van der Waals surface area contributed by atoms with Crippen molar-refractivity contribution < 1.29 is 4.79 Å². The predicted molar refractivity (Wildman–Crippen MR) is 108 cm³/mol. The zero-order valence-corrected chi connectivity index (χ0v) is 16.6. The molecule has 3 aromatic rings. The largest absolute Gasteiger partial charge is 0.294 e. The van der Waals surface area contributed by atoms with E-state index in [9.17, 15) is 4.79 Å². The highest BCUT2D eigenvalue weighted by Gasteiger charge is 2.25. The molecule has 0 saturated heterocycles. The number of fused-ring (bicyclic) bond motifs is 1. The summed E-state index contributed by atoms with van der Waals surface area (Å²) >= 11 is 3.56. The number of rotatable bonds is 4. The van der Waals surface area contributed by atoms with Gasteiger partial charge in [-0.3, -0.25) is 9.78 Å². The van der Waals surface area contributed by atoms with Gasteiger partial charge < -0.3 is 0 Å². The zero-order chi connectivity index (χ0) is 18.1. The zero-order valence-electron chi connectivity index (χ0n) is 15.0. The Bertz CT molecular complexity index is 930. The van der Waals surface area contributed by atoms with Gasteiger partial charge in [0.15, 0.2) is 5.78 Å². The number of pyridine rings is 1. The van der Waals surface area contributed by atoms with Crippen LogP contribution in [0.2, 0.25) is 0 Å². The first-order valence-electron chi connectivity index (χ1n) is 8.63. The molecule has 0 unspecified atom stereocenters. The number of benzene rings is 2. The molecule has 0 aliphatic heterocycles. The van der Waals surface area contributed by atoms with Crippen LogP contribution in [0.25, 0.3) is 22.0 Å². The van der Waals surface area contributed by atoms with E-state index in [0.29, 0.717) is 0 Å². The minimum atomic E-state index is -0.0774. The first kappa shape index (κ1) is 17.8. The Labute approximate surface area is 157 Å². The van der Waals surface area contributed by atoms with Crippen molar-refractivity contribution in [2.45, 2.75) is 33.6 Å².